The van der Waals surface area contributed by atoms with Crippen LogP contribution in [0, 0.1) is 0 Å². The number of ketones is 1. The van der Waals surface area contributed by atoms with Gasteiger partial charge in [0, 0.05) is 0 Å². The molecular formula is C19H16Cl3F3O4. The average molecular weight is 472 g/mol. The molecule has 2 aromatic rings. The first-order valence-corrected chi connectivity index (χ1v) is 9.55. The number of alkyl halides is 4. The van der Waals surface area contributed by atoms with E-state index in [1.54, 1.807) is 24.3 Å². The number of aliphatic hydroxyl groups is 1. The molecule has 1 N–H and O–H groups in total. The Labute approximate surface area is 180 Å². The molecule has 10 heteroatoms. The summed E-state index contributed by atoms with van der Waals surface area (Å²) in [5, 5.41) is 9.98. The van der Waals surface area contributed by atoms with Crippen molar-refractivity contribution < 1.29 is 32.5 Å². The second-order valence-electron chi connectivity index (χ2n) is 6.04. The van der Waals surface area contributed by atoms with E-state index < -0.39 is 24.7 Å². The lowest BCUT2D eigenvalue weighted by Gasteiger charge is -2.14. The topological polar surface area (TPSA) is 55.8 Å². The first kappa shape index (κ1) is 23.6. The molecule has 0 spiro atoms. The van der Waals surface area contributed by atoms with Crippen LogP contribution in [-0.4, -0.2) is 42.3 Å². The number of hydrogen-bond acceptors (Lipinski definition) is 4. The Bertz CT molecular complexity index is 819. The third kappa shape index (κ3) is 7.26. The van der Waals surface area contributed by atoms with Crippen LogP contribution < -0.4 is 9.47 Å². The molecule has 0 aliphatic rings. The van der Waals surface area contributed by atoms with Gasteiger partial charge in [-0.2, -0.15) is 13.2 Å². The van der Waals surface area contributed by atoms with Crippen molar-refractivity contribution in [2.24, 2.45) is 0 Å². The molecular weight excluding hydrogens is 456 g/mol. The second-order valence-corrected chi connectivity index (χ2v) is 7.16. The molecule has 2 rings (SSSR count). The van der Waals surface area contributed by atoms with Crippen LogP contribution in [0.1, 0.15) is 11.1 Å². The molecule has 0 fully saturated rings. The fourth-order valence-corrected chi connectivity index (χ4v) is 2.98. The minimum absolute atomic E-state index is 0.0113. The number of carbonyl (C=O) groups excluding carboxylic acids is 1. The minimum atomic E-state index is -4.92. The van der Waals surface area contributed by atoms with Crippen LogP contribution >= 0.6 is 34.8 Å². The predicted molar refractivity (Wildman–Crippen MR) is 104 cm³/mol. The molecule has 0 unspecified atom stereocenters. The number of rotatable bonds is 9. The van der Waals surface area contributed by atoms with Crippen molar-refractivity contribution in [3.8, 4) is 11.5 Å². The molecule has 0 aliphatic carbocycles. The molecule has 1 atom stereocenters. The maximum Gasteiger partial charge on any atom is 0.453 e. The minimum Gasteiger partial charge on any atom is -0.488 e. The van der Waals surface area contributed by atoms with Crippen molar-refractivity contribution in [2.45, 2.75) is 18.7 Å². The zero-order valence-electron chi connectivity index (χ0n) is 14.8. The van der Waals surface area contributed by atoms with Gasteiger partial charge in [-0.05, 0) is 41.8 Å². The zero-order valence-corrected chi connectivity index (χ0v) is 17.1. The standard InChI is InChI=1S/C19H16Cl3F3O4/c20-8-13(26)9-29-18-15(21)6-12(7-16(18)22)5-11-1-3-14(4-2-11)28-10-17(27)19(23,24)25/h1-4,6-7,13,26H,5,8-10H2/t13-/m1/s1. The lowest BCUT2D eigenvalue weighted by atomic mass is 10.0. The van der Waals surface area contributed by atoms with E-state index in [4.69, 9.17) is 44.3 Å². The molecule has 4 nitrogen and oxygen atoms in total. The number of carbonyl (C=O) groups is 1. The van der Waals surface area contributed by atoms with Crippen LogP contribution in [0.15, 0.2) is 36.4 Å². The van der Waals surface area contributed by atoms with Crippen LogP contribution in [0.3, 0.4) is 0 Å². The van der Waals surface area contributed by atoms with E-state index in [0.29, 0.717) is 6.42 Å². The van der Waals surface area contributed by atoms with Crippen LogP contribution in [0.4, 0.5) is 13.2 Å². The summed E-state index contributed by atoms with van der Waals surface area (Å²) >= 11 is 17.9. The molecule has 0 aliphatic heterocycles. The lowest BCUT2D eigenvalue weighted by Crippen LogP contribution is -2.28. The Morgan fingerprint density at radius 2 is 1.62 bits per heavy atom. The van der Waals surface area contributed by atoms with Gasteiger partial charge in [0.2, 0.25) is 0 Å². The van der Waals surface area contributed by atoms with Gasteiger partial charge in [-0.3, -0.25) is 4.79 Å². The van der Waals surface area contributed by atoms with Gasteiger partial charge < -0.3 is 14.6 Å². The highest BCUT2D eigenvalue weighted by atomic mass is 35.5. The van der Waals surface area contributed by atoms with Gasteiger partial charge in [-0.1, -0.05) is 35.3 Å². The Hall–Kier alpha value is -1.67. The summed E-state index contributed by atoms with van der Waals surface area (Å²) in [6, 6.07) is 9.54. The summed E-state index contributed by atoms with van der Waals surface area (Å²) in [4.78, 5) is 10.8. The van der Waals surface area contributed by atoms with Crippen molar-refractivity contribution in [3.63, 3.8) is 0 Å². The van der Waals surface area contributed by atoms with Gasteiger partial charge in [0.15, 0.2) is 12.4 Å². The van der Waals surface area contributed by atoms with Gasteiger partial charge in [0.05, 0.1) is 15.9 Å². The van der Waals surface area contributed by atoms with Crippen molar-refractivity contribution >= 4 is 40.6 Å². The van der Waals surface area contributed by atoms with E-state index in [0.717, 1.165) is 11.1 Å². The molecule has 158 valence electrons. The second kappa shape index (κ2) is 10.4. The summed E-state index contributed by atoms with van der Waals surface area (Å²) in [6.45, 7) is -1.13. The van der Waals surface area contributed by atoms with E-state index >= 15 is 0 Å². The molecule has 29 heavy (non-hydrogen) atoms. The predicted octanol–water partition coefficient (Wildman–Crippen LogP) is 5.07. The Morgan fingerprint density at radius 3 is 2.14 bits per heavy atom. The number of ether oxygens (including phenoxy) is 2. The van der Waals surface area contributed by atoms with Crippen molar-refractivity contribution in [1.82, 2.24) is 0 Å². The smallest absolute Gasteiger partial charge is 0.453 e. The van der Waals surface area contributed by atoms with Gasteiger partial charge in [-0.15, -0.1) is 11.6 Å². The summed E-state index contributed by atoms with van der Waals surface area (Å²) in [7, 11) is 0. The van der Waals surface area contributed by atoms with Gasteiger partial charge in [0.1, 0.15) is 18.5 Å². The highest BCUT2D eigenvalue weighted by Crippen LogP contribution is 2.35. The normalized spacial score (nSPS) is 12.5. The van der Waals surface area contributed by atoms with E-state index in [1.807, 2.05) is 0 Å². The summed E-state index contributed by atoms with van der Waals surface area (Å²) in [5.41, 5.74) is 1.59. The molecule has 0 radical (unpaired) electrons. The fourth-order valence-electron chi connectivity index (χ4n) is 2.25. The summed E-state index contributed by atoms with van der Waals surface area (Å²) < 4.78 is 46.8. The Morgan fingerprint density at radius 1 is 1.03 bits per heavy atom. The van der Waals surface area contributed by atoms with E-state index in [2.05, 4.69) is 0 Å². The average Bonchev–Trinajstić information content (AvgIpc) is 2.65. The van der Waals surface area contributed by atoms with Crippen molar-refractivity contribution in [1.29, 1.82) is 0 Å². The Balaban J connectivity index is 2.00. The molecule has 2 aromatic carbocycles. The maximum atomic E-state index is 12.2. The van der Waals surface area contributed by atoms with Crippen LogP contribution in [0.25, 0.3) is 0 Å². The number of Topliss-reactive ketones (excluding diaryl/α,β-unsaturated/α-hetero) is 1. The Kier molecular flexibility index (Phi) is 8.46. The molecule has 0 heterocycles. The first-order valence-electron chi connectivity index (χ1n) is 8.26. The van der Waals surface area contributed by atoms with E-state index in [1.165, 1.54) is 12.1 Å². The number of hydrogen-bond donors (Lipinski definition) is 1. The van der Waals surface area contributed by atoms with E-state index in [9.17, 15) is 23.1 Å². The molecule has 0 bridgehead atoms. The van der Waals surface area contributed by atoms with E-state index in [-0.39, 0.29) is 34.0 Å². The van der Waals surface area contributed by atoms with Gasteiger partial charge >= 0.3 is 6.18 Å². The number of benzene rings is 2. The lowest BCUT2D eigenvalue weighted by molar-refractivity contribution is -0.173. The van der Waals surface area contributed by atoms with Crippen LogP contribution in [0.2, 0.25) is 10.0 Å². The molecule has 0 amide bonds. The highest BCUT2D eigenvalue weighted by molar-refractivity contribution is 6.37. The maximum absolute atomic E-state index is 12.2. The number of aliphatic hydroxyl groups excluding tert-OH is 1. The monoisotopic (exact) mass is 470 g/mol. The molecule has 0 saturated heterocycles. The third-order valence-corrected chi connectivity index (χ3v) is 4.59. The first-order chi connectivity index (χ1) is 13.6. The SMILES string of the molecule is O=C(COc1ccc(Cc2cc(Cl)c(OC[C@H](O)CCl)c(Cl)c2)cc1)C(F)(F)F. The van der Waals surface area contributed by atoms with Crippen molar-refractivity contribution in [3.05, 3.63) is 57.6 Å². The summed E-state index contributed by atoms with van der Waals surface area (Å²) in [6.07, 6.45) is -5.34. The molecule has 0 saturated carbocycles. The highest BCUT2D eigenvalue weighted by Gasteiger charge is 2.38. The third-order valence-electron chi connectivity index (χ3n) is 3.67. The summed E-state index contributed by atoms with van der Waals surface area (Å²) in [5.74, 6) is -1.56. The largest absolute Gasteiger partial charge is 0.488 e. The fraction of sp³-hybridized carbons (Fsp3) is 0.316. The van der Waals surface area contributed by atoms with Gasteiger partial charge in [0.25, 0.3) is 5.78 Å². The quantitative estimate of drug-likeness (QED) is 0.519. The van der Waals surface area contributed by atoms with Crippen LogP contribution in [-0.2, 0) is 11.2 Å². The zero-order chi connectivity index (χ0) is 21.6. The number of halogens is 6. The van der Waals surface area contributed by atoms with Crippen LogP contribution in [0.5, 0.6) is 11.5 Å². The van der Waals surface area contributed by atoms with Gasteiger partial charge in [-0.25, -0.2) is 0 Å². The van der Waals surface area contributed by atoms with Crippen molar-refractivity contribution in [2.75, 3.05) is 19.1 Å². The molecule has 0 aromatic heterocycles.